The van der Waals surface area contributed by atoms with Gasteiger partial charge in [-0.3, -0.25) is 4.79 Å². The van der Waals surface area contributed by atoms with Crippen LogP contribution in [-0.2, 0) is 0 Å². The fourth-order valence-corrected chi connectivity index (χ4v) is 1.57. The van der Waals surface area contributed by atoms with Crippen LogP contribution in [0.1, 0.15) is 22.8 Å². The molecule has 0 saturated heterocycles. The lowest BCUT2D eigenvalue weighted by molar-refractivity contribution is 0.0921. The number of rotatable bonds is 4. The number of hydrogen-bond donors (Lipinski definition) is 1. The van der Waals surface area contributed by atoms with Crippen molar-refractivity contribution in [3.8, 4) is 0 Å². The summed E-state index contributed by atoms with van der Waals surface area (Å²) in [6.45, 7) is 3.79. The molecule has 1 N–H and O–H groups in total. The molecule has 0 radical (unpaired) electrons. The standard InChI is InChI=1S/C12H15Cl2NO/c1-9-3-5-10(6-4-9)11(16)15-12(2,7-13)8-14/h3-6H,7-8H2,1-2H3,(H,15,16). The van der Waals surface area contributed by atoms with E-state index in [1.165, 1.54) is 0 Å². The van der Waals surface area contributed by atoms with Crippen LogP contribution in [-0.4, -0.2) is 23.2 Å². The number of benzene rings is 1. The van der Waals surface area contributed by atoms with Crippen LogP contribution in [0.15, 0.2) is 24.3 Å². The molecule has 1 aromatic rings. The van der Waals surface area contributed by atoms with E-state index in [2.05, 4.69) is 5.32 Å². The third kappa shape index (κ3) is 3.39. The van der Waals surface area contributed by atoms with Gasteiger partial charge in [0.05, 0.1) is 5.54 Å². The Morgan fingerprint density at radius 3 is 2.19 bits per heavy atom. The maximum absolute atomic E-state index is 11.9. The average molecular weight is 260 g/mol. The minimum atomic E-state index is -0.564. The molecule has 0 aliphatic heterocycles. The zero-order valence-corrected chi connectivity index (χ0v) is 10.9. The third-order valence-electron chi connectivity index (χ3n) is 2.32. The van der Waals surface area contributed by atoms with Crippen LogP contribution < -0.4 is 5.32 Å². The topological polar surface area (TPSA) is 29.1 Å². The molecule has 0 atom stereocenters. The fraction of sp³-hybridized carbons (Fsp3) is 0.417. The Morgan fingerprint density at radius 2 is 1.75 bits per heavy atom. The molecule has 0 aliphatic carbocycles. The number of hydrogen-bond acceptors (Lipinski definition) is 1. The van der Waals surface area contributed by atoms with Crippen LogP contribution in [0.5, 0.6) is 0 Å². The van der Waals surface area contributed by atoms with Crippen molar-refractivity contribution >= 4 is 29.1 Å². The highest BCUT2D eigenvalue weighted by Gasteiger charge is 2.24. The molecule has 0 saturated carbocycles. The molecule has 2 nitrogen and oxygen atoms in total. The lowest BCUT2D eigenvalue weighted by Gasteiger charge is -2.25. The van der Waals surface area contributed by atoms with Gasteiger partial charge in [-0.1, -0.05) is 17.7 Å². The van der Waals surface area contributed by atoms with Gasteiger partial charge in [-0.05, 0) is 26.0 Å². The molecule has 1 rings (SSSR count). The number of carbonyl (C=O) groups is 1. The highest BCUT2D eigenvalue weighted by Crippen LogP contribution is 2.11. The summed E-state index contributed by atoms with van der Waals surface area (Å²) in [4.78, 5) is 11.9. The quantitative estimate of drug-likeness (QED) is 0.828. The predicted octanol–water partition coefficient (Wildman–Crippen LogP) is 2.96. The van der Waals surface area contributed by atoms with Crippen molar-refractivity contribution in [3.63, 3.8) is 0 Å². The highest BCUT2D eigenvalue weighted by atomic mass is 35.5. The molecular weight excluding hydrogens is 245 g/mol. The molecule has 88 valence electrons. The summed E-state index contributed by atoms with van der Waals surface area (Å²) >= 11 is 11.5. The number of amides is 1. The summed E-state index contributed by atoms with van der Waals surface area (Å²) in [7, 11) is 0. The van der Waals surface area contributed by atoms with Gasteiger partial charge in [0.15, 0.2) is 0 Å². The minimum absolute atomic E-state index is 0.149. The summed E-state index contributed by atoms with van der Waals surface area (Å²) < 4.78 is 0. The van der Waals surface area contributed by atoms with Crippen LogP contribution in [0.2, 0.25) is 0 Å². The second kappa shape index (κ2) is 5.55. The van der Waals surface area contributed by atoms with Crippen molar-refractivity contribution < 1.29 is 4.79 Å². The van der Waals surface area contributed by atoms with Gasteiger partial charge in [0, 0.05) is 17.3 Å². The Labute approximate surface area is 106 Å². The van der Waals surface area contributed by atoms with Gasteiger partial charge in [-0.25, -0.2) is 0 Å². The van der Waals surface area contributed by atoms with Gasteiger partial charge in [0.1, 0.15) is 0 Å². The summed E-state index contributed by atoms with van der Waals surface area (Å²) in [6, 6.07) is 7.36. The lowest BCUT2D eigenvalue weighted by Crippen LogP contribution is -2.49. The van der Waals surface area contributed by atoms with Gasteiger partial charge < -0.3 is 5.32 Å². The first-order chi connectivity index (χ1) is 7.50. The molecule has 16 heavy (non-hydrogen) atoms. The maximum Gasteiger partial charge on any atom is 0.251 e. The second-order valence-corrected chi connectivity index (χ2v) is 4.68. The van der Waals surface area contributed by atoms with E-state index in [4.69, 9.17) is 23.2 Å². The van der Waals surface area contributed by atoms with Crippen molar-refractivity contribution in [2.45, 2.75) is 19.4 Å². The normalized spacial score (nSPS) is 11.2. The molecule has 0 aliphatic rings. The smallest absolute Gasteiger partial charge is 0.251 e. The van der Waals surface area contributed by atoms with E-state index < -0.39 is 5.54 Å². The zero-order chi connectivity index (χ0) is 12.2. The van der Waals surface area contributed by atoms with Gasteiger partial charge in [-0.15, -0.1) is 23.2 Å². The van der Waals surface area contributed by atoms with E-state index in [0.29, 0.717) is 5.56 Å². The summed E-state index contributed by atoms with van der Waals surface area (Å²) in [5, 5.41) is 2.83. The lowest BCUT2D eigenvalue weighted by atomic mass is 10.1. The molecule has 0 unspecified atom stereocenters. The molecule has 0 bridgehead atoms. The van der Waals surface area contributed by atoms with Crippen molar-refractivity contribution in [1.82, 2.24) is 5.32 Å². The first-order valence-electron chi connectivity index (χ1n) is 5.02. The van der Waals surface area contributed by atoms with E-state index in [-0.39, 0.29) is 17.7 Å². The molecular formula is C12H15Cl2NO. The zero-order valence-electron chi connectivity index (χ0n) is 9.39. The first kappa shape index (κ1) is 13.3. The predicted molar refractivity (Wildman–Crippen MR) is 68.5 cm³/mol. The van der Waals surface area contributed by atoms with Crippen LogP contribution in [0.4, 0.5) is 0 Å². The van der Waals surface area contributed by atoms with E-state index >= 15 is 0 Å². The number of aryl methyl sites for hydroxylation is 1. The van der Waals surface area contributed by atoms with Gasteiger partial charge in [0.2, 0.25) is 0 Å². The molecule has 0 spiro atoms. The van der Waals surface area contributed by atoms with Crippen LogP contribution in [0, 0.1) is 6.92 Å². The van der Waals surface area contributed by atoms with Crippen molar-refractivity contribution in [2.75, 3.05) is 11.8 Å². The van der Waals surface area contributed by atoms with E-state index in [1.807, 2.05) is 26.0 Å². The Balaban J connectivity index is 2.76. The SMILES string of the molecule is Cc1ccc(C(=O)NC(C)(CCl)CCl)cc1. The summed E-state index contributed by atoms with van der Waals surface area (Å²) in [5.41, 5.74) is 1.17. The number of carbonyl (C=O) groups excluding carboxylic acids is 1. The number of halogens is 2. The van der Waals surface area contributed by atoms with E-state index in [9.17, 15) is 4.79 Å². The molecule has 1 aromatic carbocycles. The van der Waals surface area contributed by atoms with Gasteiger partial charge in [0.25, 0.3) is 5.91 Å². The summed E-state index contributed by atoms with van der Waals surface area (Å²) in [5.74, 6) is 0.422. The third-order valence-corrected chi connectivity index (χ3v) is 3.50. The second-order valence-electron chi connectivity index (χ2n) is 4.15. The molecule has 1 amide bonds. The average Bonchev–Trinajstić information content (AvgIpc) is 2.29. The minimum Gasteiger partial charge on any atom is -0.344 e. The Hall–Kier alpha value is -0.730. The van der Waals surface area contributed by atoms with Crippen molar-refractivity contribution in [2.24, 2.45) is 0 Å². The Bertz CT molecular complexity index is 358. The highest BCUT2D eigenvalue weighted by molar-refractivity contribution is 6.22. The molecule has 4 heteroatoms. The van der Waals surface area contributed by atoms with E-state index in [1.54, 1.807) is 12.1 Å². The van der Waals surface area contributed by atoms with Crippen LogP contribution in [0.3, 0.4) is 0 Å². The van der Waals surface area contributed by atoms with Crippen LogP contribution >= 0.6 is 23.2 Å². The number of nitrogens with one attached hydrogen (secondary N) is 1. The van der Waals surface area contributed by atoms with Crippen LogP contribution in [0.25, 0.3) is 0 Å². The van der Waals surface area contributed by atoms with Crippen molar-refractivity contribution in [3.05, 3.63) is 35.4 Å². The molecule has 0 heterocycles. The molecule has 0 aromatic heterocycles. The monoisotopic (exact) mass is 259 g/mol. The Kier molecular flexibility index (Phi) is 4.63. The van der Waals surface area contributed by atoms with Gasteiger partial charge in [-0.2, -0.15) is 0 Å². The fourth-order valence-electron chi connectivity index (χ4n) is 1.15. The largest absolute Gasteiger partial charge is 0.344 e. The first-order valence-corrected chi connectivity index (χ1v) is 6.09. The number of alkyl halides is 2. The van der Waals surface area contributed by atoms with Gasteiger partial charge >= 0.3 is 0 Å². The molecule has 0 fully saturated rings. The van der Waals surface area contributed by atoms with Crippen molar-refractivity contribution in [1.29, 1.82) is 0 Å². The maximum atomic E-state index is 11.9. The summed E-state index contributed by atoms with van der Waals surface area (Å²) in [6.07, 6.45) is 0. The Morgan fingerprint density at radius 1 is 1.25 bits per heavy atom. The van der Waals surface area contributed by atoms with E-state index in [0.717, 1.165) is 5.56 Å².